The fourth-order valence-corrected chi connectivity index (χ4v) is 3.25. The monoisotopic (exact) mass is 405 g/mol. The van der Waals surface area contributed by atoms with E-state index in [1.807, 2.05) is 0 Å². The lowest BCUT2D eigenvalue weighted by atomic mass is 10.1. The Kier molecular flexibility index (Phi) is 4.94. The predicted molar refractivity (Wildman–Crippen MR) is 98.5 cm³/mol. The predicted octanol–water partition coefficient (Wildman–Crippen LogP) is 0.441. The smallest absolute Gasteiger partial charge is 0.330 e. The number of hydrogen-bond acceptors (Lipinski definition) is 8. The number of aromatic nitrogens is 6. The first-order chi connectivity index (χ1) is 13.5. The summed E-state index contributed by atoms with van der Waals surface area (Å²) in [6, 6.07) is 7.81. The quantitative estimate of drug-likeness (QED) is 0.555. The van der Waals surface area contributed by atoms with Crippen molar-refractivity contribution in [1.29, 1.82) is 0 Å². The lowest BCUT2D eigenvalue weighted by molar-refractivity contribution is -0.0321. The number of hydrogen-bond donors (Lipinski definition) is 3. The Hall–Kier alpha value is -3.02. The molecule has 0 radical (unpaired) electrons. The maximum atomic E-state index is 12.0. The third kappa shape index (κ3) is 3.54. The van der Waals surface area contributed by atoms with E-state index in [9.17, 15) is 14.7 Å². The van der Waals surface area contributed by atoms with Gasteiger partial charge in [0.1, 0.15) is 12.3 Å². The van der Waals surface area contributed by atoms with Crippen molar-refractivity contribution < 1.29 is 9.84 Å². The first-order valence-corrected chi connectivity index (χ1v) is 8.81. The van der Waals surface area contributed by atoms with Crippen molar-refractivity contribution in [3.05, 3.63) is 62.4 Å². The van der Waals surface area contributed by atoms with E-state index < -0.39 is 29.6 Å². The van der Waals surface area contributed by atoms with E-state index in [2.05, 4.69) is 25.8 Å². The summed E-state index contributed by atoms with van der Waals surface area (Å²) in [5, 5.41) is 25.1. The second-order valence-corrected chi connectivity index (χ2v) is 6.65. The van der Waals surface area contributed by atoms with Crippen LogP contribution in [-0.2, 0) is 4.74 Å². The molecule has 1 saturated heterocycles. The van der Waals surface area contributed by atoms with Crippen molar-refractivity contribution in [1.82, 2.24) is 29.8 Å². The molecule has 1 fully saturated rings. The van der Waals surface area contributed by atoms with Gasteiger partial charge in [0.05, 0.1) is 12.6 Å². The highest BCUT2D eigenvalue weighted by molar-refractivity contribution is 6.30. The van der Waals surface area contributed by atoms with Gasteiger partial charge in [-0.15, -0.1) is 0 Å². The largest absolute Gasteiger partial charge is 0.394 e. The molecule has 4 rings (SSSR count). The normalized spacial score (nSPS) is 21.7. The summed E-state index contributed by atoms with van der Waals surface area (Å²) in [6.45, 7) is -0.292. The van der Waals surface area contributed by atoms with Gasteiger partial charge in [0.15, 0.2) is 0 Å². The van der Waals surface area contributed by atoms with Gasteiger partial charge < -0.3 is 15.2 Å². The first-order valence-electron chi connectivity index (χ1n) is 8.43. The first kappa shape index (κ1) is 18.3. The summed E-state index contributed by atoms with van der Waals surface area (Å²) < 4.78 is 8.57. The molecule has 3 N–H and O–H groups in total. The van der Waals surface area contributed by atoms with Crippen molar-refractivity contribution in [2.75, 3.05) is 11.9 Å². The molecule has 2 aromatic heterocycles. The third-order valence-electron chi connectivity index (χ3n) is 4.45. The standard InChI is InChI=1S/C16H16ClN7O4/c17-9-1-3-10(4-2-9)18-15-20-21-22-24(15)11-7-14(28-12(11)8-25)23-6-5-13(26)19-16(23)27/h1-6,11-12,14,25H,7-8H2,(H,18,20,22)(H,19,26,27)/t11-,12+,14+/m0/s1. The molecular weight excluding hydrogens is 390 g/mol. The maximum Gasteiger partial charge on any atom is 0.330 e. The number of aliphatic hydroxyl groups is 1. The zero-order valence-corrected chi connectivity index (χ0v) is 15.2. The van der Waals surface area contributed by atoms with Crippen LogP contribution in [0.4, 0.5) is 11.6 Å². The number of rotatable bonds is 5. The molecule has 0 aliphatic carbocycles. The van der Waals surface area contributed by atoms with Crippen LogP contribution in [0.3, 0.4) is 0 Å². The molecule has 0 saturated carbocycles. The Morgan fingerprint density at radius 1 is 1.29 bits per heavy atom. The van der Waals surface area contributed by atoms with Gasteiger partial charge in [-0.25, -0.2) is 9.48 Å². The average molecular weight is 406 g/mol. The minimum atomic E-state index is -0.681. The number of ether oxygens (including phenoxy) is 1. The number of H-pyrrole nitrogens is 1. The molecule has 0 amide bonds. The fourth-order valence-electron chi connectivity index (χ4n) is 3.12. The molecule has 3 aromatic rings. The Balaban J connectivity index is 1.60. The molecule has 0 spiro atoms. The number of benzene rings is 1. The summed E-state index contributed by atoms with van der Waals surface area (Å²) in [6.07, 6.45) is 0.351. The van der Waals surface area contributed by atoms with Gasteiger partial charge in [-0.2, -0.15) is 0 Å². The summed E-state index contributed by atoms with van der Waals surface area (Å²) in [5.74, 6) is 0.351. The third-order valence-corrected chi connectivity index (χ3v) is 4.70. The van der Waals surface area contributed by atoms with Crippen LogP contribution in [-0.4, -0.2) is 47.6 Å². The van der Waals surface area contributed by atoms with Gasteiger partial charge in [0.25, 0.3) is 5.56 Å². The van der Waals surface area contributed by atoms with Gasteiger partial charge in [0.2, 0.25) is 5.95 Å². The van der Waals surface area contributed by atoms with Gasteiger partial charge in [-0.05, 0) is 34.7 Å². The summed E-state index contributed by atoms with van der Waals surface area (Å²) in [5.41, 5.74) is -0.358. The molecule has 1 aliphatic heterocycles. The highest BCUT2D eigenvalue weighted by atomic mass is 35.5. The summed E-state index contributed by atoms with van der Waals surface area (Å²) in [7, 11) is 0. The van der Waals surface area contributed by atoms with Crippen LogP contribution in [0.1, 0.15) is 18.7 Å². The molecule has 12 heteroatoms. The summed E-state index contributed by atoms with van der Waals surface area (Å²) in [4.78, 5) is 25.5. The average Bonchev–Trinajstić information content (AvgIpc) is 3.30. The summed E-state index contributed by atoms with van der Waals surface area (Å²) >= 11 is 5.90. The fraction of sp³-hybridized carbons (Fsp3) is 0.312. The topological polar surface area (TPSA) is 140 Å². The van der Waals surface area contributed by atoms with Crippen LogP contribution in [0.15, 0.2) is 46.1 Å². The highest BCUT2D eigenvalue weighted by Crippen LogP contribution is 2.36. The zero-order chi connectivity index (χ0) is 19.7. The second kappa shape index (κ2) is 7.54. The Morgan fingerprint density at radius 3 is 2.79 bits per heavy atom. The number of nitrogens with zero attached hydrogens (tertiary/aromatic N) is 5. The van der Waals surface area contributed by atoms with Crippen LogP contribution in [0.2, 0.25) is 5.02 Å². The Labute approximate surface area is 162 Å². The number of halogens is 1. The molecule has 1 aliphatic rings. The molecule has 0 bridgehead atoms. The lowest BCUT2D eigenvalue weighted by Gasteiger charge is -2.17. The second-order valence-electron chi connectivity index (χ2n) is 6.21. The van der Waals surface area contributed by atoms with Crippen LogP contribution >= 0.6 is 11.6 Å². The number of aliphatic hydroxyl groups excluding tert-OH is 1. The van der Waals surface area contributed by atoms with Crippen molar-refractivity contribution in [2.45, 2.75) is 24.8 Å². The minimum absolute atomic E-state index is 0.292. The zero-order valence-electron chi connectivity index (χ0n) is 14.4. The van der Waals surface area contributed by atoms with E-state index in [0.29, 0.717) is 17.4 Å². The van der Waals surface area contributed by atoms with Crippen molar-refractivity contribution in [3.63, 3.8) is 0 Å². The molecule has 1 aromatic carbocycles. The number of nitrogens with one attached hydrogen (secondary N) is 2. The molecule has 3 atom stereocenters. The van der Waals surface area contributed by atoms with Gasteiger partial charge >= 0.3 is 5.69 Å². The van der Waals surface area contributed by atoms with Crippen LogP contribution < -0.4 is 16.6 Å². The Morgan fingerprint density at radius 2 is 2.07 bits per heavy atom. The van der Waals surface area contributed by atoms with Gasteiger partial charge in [-0.1, -0.05) is 16.7 Å². The van der Waals surface area contributed by atoms with E-state index >= 15 is 0 Å². The molecule has 146 valence electrons. The molecule has 3 heterocycles. The molecule has 0 unspecified atom stereocenters. The minimum Gasteiger partial charge on any atom is -0.394 e. The van der Waals surface area contributed by atoms with Crippen molar-refractivity contribution in [3.8, 4) is 0 Å². The van der Waals surface area contributed by atoms with E-state index in [-0.39, 0.29) is 6.61 Å². The molecule has 28 heavy (non-hydrogen) atoms. The highest BCUT2D eigenvalue weighted by Gasteiger charge is 2.39. The van der Waals surface area contributed by atoms with E-state index in [4.69, 9.17) is 16.3 Å². The van der Waals surface area contributed by atoms with Gasteiger partial charge in [0, 0.05) is 29.4 Å². The Bertz CT molecular complexity index is 1080. The van der Waals surface area contributed by atoms with E-state index in [1.165, 1.54) is 21.5 Å². The SMILES string of the molecule is O=c1ccn([C@H]2C[C@H](n3nnnc3Nc3ccc(Cl)cc3)[C@@H](CO)O2)c(=O)[nH]1. The van der Waals surface area contributed by atoms with Crippen LogP contribution in [0.25, 0.3) is 0 Å². The van der Waals surface area contributed by atoms with Gasteiger partial charge in [-0.3, -0.25) is 14.3 Å². The number of aromatic amines is 1. The van der Waals surface area contributed by atoms with Crippen molar-refractivity contribution in [2.24, 2.45) is 0 Å². The van der Waals surface area contributed by atoms with Crippen molar-refractivity contribution >= 4 is 23.2 Å². The molecule has 11 nitrogen and oxygen atoms in total. The lowest BCUT2D eigenvalue weighted by Crippen LogP contribution is -2.31. The number of tetrazole rings is 1. The van der Waals surface area contributed by atoms with E-state index in [1.54, 1.807) is 24.3 Å². The maximum absolute atomic E-state index is 12.0. The van der Waals surface area contributed by atoms with E-state index in [0.717, 1.165) is 5.69 Å². The molecular formula is C16H16ClN7O4. The number of anilines is 2. The van der Waals surface area contributed by atoms with Crippen LogP contribution in [0, 0.1) is 0 Å². The van der Waals surface area contributed by atoms with Crippen LogP contribution in [0.5, 0.6) is 0 Å².